The van der Waals surface area contributed by atoms with Crippen LogP contribution in [0, 0.1) is 5.82 Å². The van der Waals surface area contributed by atoms with Gasteiger partial charge in [0.05, 0.1) is 6.54 Å². The molecule has 2 rings (SSSR count). The molecule has 0 amide bonds. The predicted molar refractivity (Wildman–Crippen MR) is 107 cm³/mol. The minimum Gasteiger partial charge on any atom is -0.489 e. The number of ether oxygens (including phenoxy) is 1. The highest BCUT2D eigenvalue weighted by atomic mass is 127. The van der Waals surface area contributed by atoms with Crippen molar-refractivity contribution in [1.82, 2.24) is 10.6 Å². The van der Waals surface area contributed by atoms with E-state index in [-0.39, 0.29) is 35.9 Å². The van der Waals surface area contributed by atoms with Crippen LogP contribution in [0.3, 0.4) is 0 Å². The van der Waals surface area contributed by atoms with E-state index in [1.54, 1.807) is 19.2 Å². The topological polar surface area (TPSA) is 45.7 Å². The van der Waals surface area contributed by atoms with E-state index in [0.717, 1.165) is 12.5 Å². The van der Waals surface area contributed by atoms with Gasteiger partial charge in [0, 0.05) is 24.9 Å². The quantitative estimate of drug-likeness (QED) is 0.395. The SMILES string of the molecule is CN=C(NCC(C)Oc1cccc(F)c1)NCC1CCCS1.I. The van der Waals surface area contributed by atoms with Crippen LogP contribution in [0.25, 0.3) is 0 Å². The maximum Gasteiger partial charge on any atom is 0.191 e. The molecule has 1 fully saturated rings. The van der Waals surface area contributed by atoms with Crippen LogP contribution < -0.4 is 15.4 Å². The van der Waals surface area contributed by atoms with Crippen LogP contribution in [0.15, 0.2) is 29.3 Å². The molecule has 4 nitrogen and oxygen atoms in total. The number of aliphatic imine (C=N–C) groups is 1. The summed E-state index contributed by atoms with van der Waals surface area (Å²) in [6.07, 6.45) is 2.50. The van der Waals surface area contributed by atoms with E-state index in [1.807, 2.05) is 18.7 Å². The molecule has 7 heteroatoms. The number of hydrogen-bond acceptors (Lipinski definition) is 3. The summed E-state index contributed by atoms with van der Waals surface area (Å²) >= 11 is 2.02. The second kappa shape index (κ2) is 11.0. The largest absolute Gasteiger partial charge is 0.489 e. The number of thioether (sulfide) groups is 1. The molecular weight excluding hydrogens is 428 g/mol. The normalized spacial score (nSPS) is 18.9. The molecule has 130 valence electrons. The zero-order chi connectivity index (χ0) is 15.8. The zero-order valence-corrected chi connectivity index (χ0v) is 16.7. The lowest BCUT2D eigenvalue weighted by atomic mass is 10.2. The molecule has 1 aromatic rings. The van der Waals surface area contributed by atoms with Gasteiger partial charge in [-0.3, -0.25) is 4.99 Å². The van der Waals surface area contributed by atoms with Gasteiger partial charge in [0.25, 0.3) is 0 Å². The fourth-order valence-electron chi connectivity index (χ4n) is 2.29. The highest BCUT2D eigenvalue weighted by Crippen LogP contribution is 2.25. The second-order valence-electron chi connectivity index (χ2n) is 5.35. The van der Waals surface area contributed by atoms with Gasteiger partial charge in [-0.2, -0.15) is 11.8 Å². The molecule has 1 aliphatic heterocycles. The summed E-state index contributed by atoms with van der Waals surface area (Å²) in [6, 6.07) is 6.19. The zero-order valence-electron chi connectivity index (χ0n) is 13.5. The Kier molecular flexibility index (Phi) is 9.69. The number of rotatable bonds is 6. The predicted octanol–water partition coefficient (Wildman–Crippen LogP) is 3.27. The molecule has 0 spiro atoms. The van der Waals surface area contributed by atoms with E-state index >= 15 is 0 Å². The summed E-state index contributed by atoms with van der Waals surface area (Å²) in [5.74, 6) is 2.29. The third-order valence-corrected chi connectivity index (χ3v) is 4.83. The molecule has 0 aliphatic carbocycles. The molecule has 2 N–H and O–H groups in total. The van der Waals surface area contributed by atoms with Crippen molar-refractivity contribution in [3.05, 3.63) is 30.1 Å². The molecule has 1 saturated heterocycles. The van der Waals surface area contributed by atoms with Crippen LogP contribution in [0.1, 0.15) is 19.8 Å². The van der Waals surface area contributed by atoms with Crippen molar-refractivity contribution < 1.29 is 9.13 Å². The summed E-state index contributed by atoms with van der Waals surface area (Å²) in [6.45, 7) is 3.48. The number of halogens is 2. The van der Waals surface area contributed by atoms with Gasteiger partial charge in [0.15, 0.2) is 5.96 Å². The molecule has 0 saturated carbocycles. The van der Waals surface area contributed by atoms with Crippen LogP contribution in [0.4, 0.5) is 4.39 Å². The molecule has 0 bridgehead atoms. The lowest BCUT2D eigenvalue weighted by Crippen LogP contribution is -2.43. The average Bonchev–Trinajstić information content (AvgIpc) is 3.01. The molecular formula is C16H25FIN3OS. The van der Waals surface area contributed by atoms with Crippen LogP contribution in [0.2, 0.25) is 0 Å². The molecule has 0 radical (unpaired) electrons. The lowest BCUT2D eigenvalue weighted by Gasteiger charge is -2.18. The Bertz CT molecular complexity index is 498. The van der Waals surface area contributed by atoms with Crippen molar-refractivity contribution in [2.45, 2.75) is 31.1 Å². The van der Waals surface area contributed by atoms with Crippen molar-refractivity contribution in [3.8, 4) is 5.75 Å². The van der Waals surface area contributed by atoms with Gasteiger partial charge in [-0.15, -0.1) is 24.0 Å². The van der Waals surface area contributed by atoms with E-state index in [0.29, 0.717) is 17.5 Å². The number of nitrogens with zero attached hydrogens (tertiary/aromatic N) is 1. The van der Waals surface area contributed by atoms with Crippen molar-refractivity contribution in [2.24, 2.45) is 4.99 Å². The number of benzene rings is 1. The van der Waals surface area contributed by atoms with Crippen molar-refractivity contribution in [1.29, 1.82) is 0 Å². The standard InChI is InChI=1S/C16H24FN3OS.HI/c1-12(21-14-6-3-5-13(17)9-14)10-19-16(18-2)20-11-15-7-4-8-22-15;/h3,5-6,9,12,15H,4,7-8,10-11H2,1-2H3,(H2,18,19,20);1H. The summed E-state index contributed by atoms with van der Waals surface area (Å²) in [4.78, 5) is 4.21. The fraction of sp³-hybridized carbons (Fsp3) is 0.562. The Morgan fingerprint density at radius 3 is 2.96 bits per heavy atom. The Hall–Kier alpha value is -0.700. The first-order valence-corrected chi connectivity index (χ1v) is 8.70. The van der Waals surface area contributed by atoms with E-state index in [4.69, 9.17) is 4.74 Å². The summed E-state index contributed by atoms with van der Waals surface area (Å²) in [5, 5.41) is 7.26. The van der Waals surface area contributed by atoms with Crippen LogP contribution >= 0.6 is 35.7 Å². The first-order valence-electron chi connectivity index (χ1n) is 7.65. The van der Waals surface area contributed by atoms with E-state index in [1.165, 1.54) is 30.7 Å². The van der Waals surface area contributed by atoms with Crippen molar-refractivity contribution in [2.75, 3.05) is 25.9 Å². The maximum atomic E-state index is 13.1. The molecule has 1 aromatic carbocycles. The van der Waals surface area contributed by atoms with Gasteiger partial charge in [-0.05, 0) is 37.7 Å². The minimum absolute atomic E-state index is 0. The molecule has 2 atom stereocenters. The number of guanidine groups is 1. The van der Waals surface area contributed by atoms with E-state index in [2.05, 4.69) is 15.6 Å². The van der Waals surface area contributed by atoms with Gasteiger partial charge in [0.1, 0.15) is 17.7 Å². The average molecular weight is 453 g/mol. The number of nitrogens with one attached hydrogen (secondary N) is 2. The first-order chi connectivity index (χ1) is 10.7. The second-order valence-corrected chi connectivity index (χ2v) is 6.76. The van der Waals surface area contributed by atoms with Crippen LogP contribution in [0.5, 0.6) is 5.75 Å². The minimum atomic E-state index is -0.288. The van der Waals surface area contributed by atoms with Crippen LogP contribution in [-0.2, 0) is 0 Å². The Labute approximate surface area is 159 Å². The maximum absolute atomic E-state index is 13.1. The Balaban J connectivity index is 0.00000264. The van der Waals surface area contributed by atoms with Gasteiger partial charge in [-0.25, -0.2) is 4.39 Å². The van der Waals surface area contributed by atoms with Gasteiger partial charge >= 0.3 is 0 Å². The number of hydrogen-bond donors (Lipinski definition) is 2. The van der Waals surface area contributed by atoms with Gasteiger partial charge < -0.3 is 15.4 Å². The first kappa shape index (κ1) is 20.3. The molecule has 1 heterocycles. The molecule has 0 aromatic heterocycles. The lowest BCUT2D eigenvalue weighted by molar-refractivity contribution is 0.223. The van der Waals surface area contributed by atoms with Crippen molar-refractivity contribution in [3.63, 3.8) is 0 Å². The Morgan fingerprint density at radius 2 is 2.30 bits per heavy atom. The Morgan fingerprint density at radius 1 is 1.48 bits per heavy atom. The highest BCUT2D eigenvalue weighted by molar-refractivity contribution is 14.0. The molecule has 23 heavy (non-hydrogen) atoms. The highest BCUT2D eigenvalue weighted by Gasteiger charge is 2.15. The summed E-state index contributed by atoms with van der Waals surface area (Å²) in [7, 11) is 1.76. The summed E-state index contributed by atoms with van der Waals surface area (Å²) in [5.41, 5.74) is 0. The third-order valence-electron chi connectivity index (χ3n) is 3.44. The molecule has 1 aliphatic rings. The third kappa shape index (κ3) is 7.60. The van der Waals surface area contributed by atoms with Crippen molar-refractivity contribution >= 4 is 41.7 Å². The van der Waals surface area contributed by atoms with Gasteiger partial charge in [-0.1, -0.05) is 6.07 Å². The summed E-state index contributed by atoms with van der Waals surface area (Å²) < 4.78 is 18.8. The fourth-order valence-corrected chi connectivity index (χ4v) is 3.49. The van der Waals surface area contributed by atoms with Gasteiger partial charge in [0.2, 0.25) is 0 Å². The van der Waals surface area contributed by atoms with Crippen LogP contribution in [-0.4, -0.2) is 43.2 Å². The smallest absolute Gasteiger partial charge is 0.191 e. The molecule has 2 unspecified atom stereocenters. The van der Waals surface area contributed by atoms with E-state index < -0.39 is 0 Å². The van der Waals surface area contributed by atoms with E-state index in [9.17, 15) is 4.39 Å². The monoisotopic (exact) mass is 453 g/mol.